The van der Waals surface area contributed by atoms with Gasteiger partial charge in [-0.25, -0.2) is 4.39 Å². The Morgan fingerprint density at radius 1 is 1.25 bits per heavy atom. The van der Waals surface area contributed by atoms with E-state index in [4.69, 9.17) is 9.47 Å². The maximum Gasteiger partial charge on any atom is 0.133 e. The molecule has 1 aromatic rings. The summed E-state index contributed by atoms with van der Waals surface area (Å²) >= 11 is 3.32. The molecule has 1 aromatic carbocycles. The van der Waals surface area contributed by atoms with Crippen molar-refractivity contribution in [2.75, 3.05) is 6.61 Å². The predicted molar refractivity (Wildman–Crippen MR) is 79.5 cm³/mol. The van der Waals surface area contributed by atoms with E-state index < -0.39 is 0 Å². The van der Waals surface area contributed by atoms with Crippen molar-refractivity contribution in [1.29, 1.82) is 0 Å². The van der Waals surface area contributed by atoms with Gasteiger partial charge < -0.3 is 9.47 Å². The highest BCUT2D eigenvalue weighted by Crippen LogP contribution is 2.42. The highest BCUT2D eigenvalue weighted by Gasteiger charge is 2.40. The predicted octanol–water partition coefficient (Wildman–Crippen LogP) is 4.85. The third-order valence-corrected chi connectivity index (χ3v) is 5.04. The third kappa shape index (κ3) is 3.17. The molecule has 0 bridgehead atoms. The van der Waals surface area contributed by atoms with Gasteiger partial charge in [0.25, 0.3) is 0 Å². The summed E-state index contributed by atoms with van der Waals surface area (Å²) in [5, 5.41) is 0. The van der Waals surface area contributed by atoms with Gasteiger partial charge in [0.2, 0.25) is 0 Å². The number of rotatable bonds is 3. The van der Waals surface area contributed by atoms with Crippen molar-refractivity contribution in [2.45, 2.75) is 56.7 Å². The van der Waals surface area contributed by atoms with Crippen LogP contribution in [0, 0.1) is 5.82 Å². The molecule has 1 aliphatic heterocycles. The van der Waals surface area contributed by atoms with Crippen LogP contribution < -0.4 is 4.74 Å². The second-order valence-corrected chi connectivity index (χ2v) is 6.76. The van der Waals surface area contributed by atoms with Gasteiger partial charge in [-0.05, 0) is 59.8 Å². The Morgan fingerprint density at radius 3 is 2.80 bits per heavy atom. The fourth-order valence-corrected chi connectivity index (χ4v) is 3.82. The lowest BCUT2D eigenvalue weighted by atomic mass is 9.83. The molecule has 1 spiro atoms. The van der Waals surface area contributed by atoms with Gasteiger partial charge in [-0.2, -0.15) is 0 Å². The number of hydrogen-bond donors (Lipinski definition) is 0. The second kappa shape index (κ2) is 6.02. The van der Waals surface area contributed by atoms with Gasteiger partial charge in [0, 0.05) is 0 Å². The summed E-state index contributed by atoms with van der Waals surface area (Å²) in [5.41, 5.74) is 0.131. The van der Waals surface area contributed by atoms with Crippen molar-refractivity contribution in [3.63, 3.8) is 0 Å². The molecule has 2 fully saturated rings. The molecule has 1 atom stereocenters. The van der Waals surface area contributed by atoms with E-state index in [1.54, 1.807) is 6.07 Å². The lowest BCUT2D eigenvalue weighted by molar-refractivity contribution is -0.0749. The SMILES string of the molecule is Fc1ccc(OCC2CCC3(CCCCC3)O2)c(Br)c1. The van der Waals surface area contributed by atoms with Crippen molar-refractivity contribution in [3.8, 4) is 5.75 Å². The molecule has 2 nitrogen and oxygen atoms in total. The van der Waals surface area contributed by atoms with E-state index in [1.807, 2.05) is 0 Å². The Morgan fingerprint density at radius 2 is 2.05 bits per heavy atom. The van der Waals surface area contributed by atoms with Gasteiger partial charge in [0.05, 0.1) is 16.2 Å². The van der Waals surface area contributed by atoms with Crippen LogP contribution in [0.15, 0.2) is 22.7 Å². The van der Waals surface area contributed by atoms with Crippen LogP contribution in [0.5, 0.6) is 5.75 Å². The first-order chi connectivity index (χ1) is 9.67. The Hall–Kier alpha value is -0.610. The van der Waals surface area contributed by atoms with E-state index in [0.29, 0.717) is 16.8 Å². The molecule has 3 rings (SSSR count). The molecule has 1 heterocycles. The zero-order valence-corrected chi connectivity index (χ0v) is 13.1. The summed E-state index contributed by atoms with van der Waals surface area (Å²) in [4.78, 5) is 0. The molecule has 1 aliphatic carbocycles. The maximum atomic E-state index is 13.0. The summed E-state index contributed by atoms with van der Waals surface area (Å²) in [5.74, 6) is 0.419. The fourth-order valence-electron chi connectivity index (χ4n) is 3.35. The van der Waals surface area contributed by atoms with Crippen LogP contribution in [0.4, 0.5) is 4.39 Å². The monoisotopic (exact) mass is 342 g/mol. The first-order valence-corrected chi connectivity index (χ1v) is 8.22. The molecule has 0 amide bonds. The average molecular weight is 343 g/mol. The van der Waals surface area contributed by atoms with Crippen LogP contribution in [0.25, 0.3) is 0 Å². The molecule has 1 saturated heterocycles. The fraction of sp³-hybridized carbons (Fsp3) is 0.625. The maximum absolute atomic E-state index is 13.0. The van der Waals surface area contributed by atoms with Crippen molar-refractivity contribution >= 4 is 15.9 Å². The summed E-state index contributed by atoms with van der Waals surface area (Å²) in [6.45, 7) is 0.548. The Labute approximate surface area is 127 Å². The highest BCUT2D eigenvalue weighted by atomic mass is 79.9. The van der Waals surface area contributed by atoms with E-state index in [1.165, 1.54) is 44.2 Å². The van der Waals surface area contributed by atoms with Gasteiger partial charge in [0.15, 0.2) is 0 Å². The quantitative estimate of drug-likeness (QED) is 0.781. The summed E-state index contributed by atoms with van der Waals surface area (Å²) in [6, 6.07) is 4.50. The minimum Gasteiger partial charge on any atom is -0.490 e. The van der Waals surface area contributed by atoms with Gasteiger partial charge in [0.1, 0.15) is 18.2 Å². The second-order valence-electron chi connectivity index (χ2n) is 5.91. The number of benzene rings is 1. The number of hydrogen-bond acceptors (Lipinski definition) is 2. The van der Waals surface area contributed by atoms with E-state index >= 15 is 0 Å². The van der Waals surface area contributed by atoms with Gasteiger partial charge in [-0.1, -0.05) is 19.3 Å². The Kier molecular flexibility index (Phi) is 4.32. The first-order valence-electron chi connectivity index (χ1n) is 7.43. The van der Waals surface area contributed by atoms with Crippen molar-refractivity contribution in [3.05, 3.63) is 28.5 Å². The average Bonchev–Trinajstić information content (AvgIpc) is 2.82. The zero-order chi connectivity index (χ0) is 14.0. The molecule has 1 saturated carbocycles. The van der Waals surface area contributed by atoms with E-state index in [0.717, 1.165) is 12.8 Å². The van der Waals surface area contributed by atoms with Crippen LogP contribution in [0.1, 0.15) is 44.9 Å². The topological polar surface area (TPSA) is 18.5 Å². The molecule has 110 valence electrons. The minimum atomic E-state index is -0.262. The molecule has 1 unspecified atom stereocenters. The van der Waals surface area contributed by atoms with E-state index in [9.17, 15) is 4.39 Å². The summed E-state index contributed by atoms with van der Waals surface area (Å²) in [7, 11) is 0. The highest BCUT2D eigenvalue weighted by molar-refractivity contribution is 9.10. The molecular formula is C16H20BrFO2. The van der Waals surface area contributed by atoms with Gasteiger partial charge in [-0.3, -0.25) is 0 Å². The lowest BCUT2D eigenvalue weighted by Crippen LogP contribution is -2.32. The first kappa shape index (κ1) is 14.3. The number of halogens is 2. The van der Waals surface area contributed by atoms with Crippen molar-refractivity contribution in [2.24, 2.45) is 0 Å². The molecule has 0 aromatic heterocycles. The van der Waals surface area contributed by atoms with Crippen molar-refractivity contribution < 1.29 is 13.9 Å². The third-order valence-electron chi connectivity index (χ3n) is 4.42. The standard InChI is InChI=1S/C16H20BrFO2/c17-14-10-12(18)4-5-15(14)19-11-13-6-9-16(20-13)7-2-1-3-8-16/h4-5,10,13H,1-3,6-9,11H2. The van der Waals surface area contributed by atoms with Crippen LogP contribution in [-0.4, -0.2) is 18.3 Å². The van der Waals surface area contributed by atoms with Crippen LogP contribution in [0.2, 0.25) is 0 Å². The Balaban J connectivity index is 1.54. The van der Waals surface area contributed by atoms with E-state index in [-0.39, 0.29) is 17.5 Å². The Bertz CT molecular complexity index is 472. The lowest BCUT2D eigenvalue weighted by Gasteiger charge is -2.33. The van der Waals surface area contributed by atoms with Gasteiger partial charge in [-0.15, -0.1) is 0 Å². The van der Waals surface area contributed by atoms with E-state index in [2.05, 4.69) is 15.9 Å². The number of ether oxygens (including phenoxy) is 2. The van der Waals surface area contributed by atoms with Crippen LogP contribution in [-0.2, 0) is 4.74 Å². The summed E-state index contributed by atoms with van der Waals surface area (Å²) in [6.07, 6.45) is 8.71. The minimum absolute atomic E-state index is 0.131. The smallest absolute Gasteiger partial charge is 0.133 e. The van der Waals surface area contributed by atoms with Crippen LogP contribution in [0.3, 0.4) is 0 Å². The summed E-state index contributed by atoms with van der Waals surface area (Å²) < 4.78 is 25.7. The molecule has 4 heteroatoms. The molecular weight excluding hydrogens is 323 g/mol. The largest absolute Gasteiger partial charge is 0.490 e. The van der Waals surface area contributed by atoms with Crippen molar-refractivity contribution in [1.82, 2.24) is 0 Å². The molecule has 2 aliphatic rings. The molecule has 20 heavy (non-hydrogen) atoms. The molecule has 0 N–H and O–H groups in total. The van der Waals surface area contributed by atoms with Crippen LogP contribution >= 0.6 is 15.9 Å². The normalized spacial score (nSPS) is 25.0. The molecule has 0 radical (unpaired) electrons. The zero-order valence-electron chi connectivity index (χ0n) is 11.5. The van der Waals surface area contributed by atoms with Gasteiger partial charge >= 0.3 is 0 Å².